The maximum Gasteiger partial charge on any atom is 0.341 e. The molecule has 2 N–H and O–H groups in total. The first-order chi connectivity index (χ1) is 11.7. The predicted molar refractivity (Wildman–Crippen MR) is 88.6 cm³/mol. The average Bonchev–Trinajstić information content (AvgIpc) is 3.25. The van der Waals surface area contributed by atoms with Crippen LogP contribution in [-0.4, -0.2) is 22.8 Å². The number of carbonyl (C=O) groups is 1. The highest BCUT2D eigenvalue weighted by Gasteiger charge is 2.29. The van der Waals surface area contributed by atoms with Crippen LogP contribution in [0.1, 0.15) is 36.9 Å². The first kappa shape index (κ1) is 14.7. The number of rotatable bonds is 4. The monoisotopic (exact) mass is 323 g/mol. The summed E-state index contributed by atoms with van der Waals surface area (Å²) in [5, 5.41) is 7.03. The van der Waals surface area contributed by atoms with E-state index in [2.05, 4.69) is 15.2 Å². The van der Waals surface area contributed by atoms with Gasteiger partial charge in [-0.2, -0.15) is 0 Å². The van der Waals surface area contributed by atoms with Gasteiger partial charge in [0.1, 0.15) is 0 Å². The van der Waals surface area contributed by atoms with Gasteiger partial charge in [0.2, 0.25) is 0 Å². The molecule has 1 saturated carbocycles. The minimum absolute atomic E-state index is 0.196. The maximum atomic E-state index is 12.4. The van der Waals surface area contributed by atoms with Crippen molar-refractivity contribution >= 4 is 17.6 Å². The van der Waals surface area contributed by atoms with Gasteiger partial charge in [-0.15, -0.1) is 0 Å². The third-order valence-corrected chi connectivity index (χ3v) is 4.26. The van der Waals surface area contributed by atoms with E-state index in [1.54, 1.807) is 13.0 Å². The van der Waals surface area contributed by atoms with Crippen LogP contribution in [0.3, 0.4) is 0 Å². The molecule has 6 nitrogen and oxygen atoms in total. The molecular weight excluding hydrogens is 306 g/mol. The number of benzene rings is 1. The largest absolute Gasteiger partial charge is 0.462 e. The molecule has 2 heterocycles. The zero-order valence-corrected chi connectivity index (χ0v) is 13.3. The number of aromatic nitrogens is 2. The molecule has 2 aromatic rings. The standard InChI is InChI=1S/C18H17N3O3/c1-2-24-18(23)15-11-5-3-4-6-13(11)19-14(15)9-12-16(10-7-8-10)20-21-17(12)22/h3-6,9-10H,2,7-8H2,1H3,(H2,20,21,22). The number of carbonyl (C=O) groups excluding carboxylic acids is 1. The van der Waals surface area contributed by atoms with E-state index in [1.807, 2.05) is 24.3 Å². The normalized spacial score (nSPS) is 17.7. The number of esters is 1. The van der Waals surface area contributed by atoms with Crippen LogP contribution in [0.4, 0.5) is 0 Å². The molecule has 0 spiro atoms. The fraction of sp³-hybridized carbons (Fsp3) is 0.278. The van der Waals surface area contributed by atoms with E-state index in [-0.39, 0.29) is 12.2 Å². The summed E-state index contributed by atoms with van der Waals surface area (Å²) in [4.78, 5) is 29.1. The second-order valence-electron chi connectivity index (χ2n) is 5.93. The first-order valence-electron chi connectivity index (χ1n) is 8.07. The molecule has 1 aliphatic carbocycles. The second-order valence-corrected chi connectivity index (χ2v) is 5.93. The van der Waals surface area contributed by atoms with Crippen molar-refractivity contribution in [3.8, 4) is 0 Å². The van der Waals surface area contributed by atoms with Crippen LogP contribution in [-0.2, 0) is 9.53 Å². The summed E-state index contributed by atoms with van der Waals surface area (Å²) in [6.07, 6.45) is 3.82. The number of para-hydroxylation sites is 1. The van der Waals surface area contributed by atoms with Crippen molar-refractivity contribution in [2.24, 2.45) is 4.99 Å². The van der Waals surface area contributed by atoms with E-state index < -0.39 is 5.97 Å². The molecule has 6 heteroatoms. The number of nitrogens with zero attached hydrogens (tertiary/aromatic N) is 1. The number of hydrogen-bond acceptors (Lipinski definition) is 4. The fourth-order valence-electron chi connectivity index (χ4n) is 2.98. The highest BCUT2D eigenvalue weighted by molar-refractivity contribution is 6.17. The molecule has 0 atom stereocenters. The molecule has 0 amide bonds. The Labute approximate surface area is 137 Å². The van der Waals surface area contributed by atoms with E-state index >= 15 is 0 Å². The second kappa shape index (κ2) is 5.63. The zero-order chi connectivity index (χ0) is 16.7. The van der Waals surface area contributed by atoms with Gasteiger partial charge in [0.25, 0.3) is 5.56 Å². The molecule has 122 valence electrons. The van der Waals surface area contributed by atoms with Crippen LogP contribution >= 0.6 is 0 Å². The summed E-state index contributed by atoms with van der Waals surface area (Å²) >= 11 is 0. The van der Waals surface area contributed by atoms with Gasteiger partial charge < -0.3 is 9.84 Å². The Morgan fingerprint density at radius 1 is 1.33 bits per heavy atom. The van der Waals surface area contributed by atoms with E-state index in [4.69, 9.17) is 4.74 Å². The van der Waals surface area contributed by atoms with Crippen molar-refractivity contribution in [1.82, 2.24) is 10.2 Å². The molecule has 2 aliphatic rings. The Kier molecular flexibility index (Phi) is 3.45. The minimum atomic E-state index is -0.419. The lowest BCUT2D eigenvalue weighted by molar-refractivity contribution is -0.136. The number of fused-ring (bicyclic) bond motifs is 1. The van der Waals surface area contributed by atoms with Crippen molar-refractivity contribution in [2.75, 3.05) is 6.61 Å². The minimum Gasteiger partial charge on any atom is -0.462 e. The van der Waals surface area contributed by atoms with Gasteiger partial charge >= 0.3 is 5.97 Å². The molecular formula is C18H17N3O3. The lowest BCUT2D eigenvalue weighted by Crippen LogP contribution is -2.25. The van der Waals surface area contributed by atoms with E-state index in [9.17, 15) is 9.59 Å². The number of H-pyrrole nitrogens is 2. The van der Waals surface area contributed by atoms with E-state index in [1.165, 1.54) is 0 Å². The molecule has 0 saturated heterocycles. The third-order valence-electron chi connectivity index (χ3n) is 4.26. The highest BCUT2D eigenvalue weighted by Crippen LogP contribution is 2.40. The van der Waals surface area contributed by atoms with Crippen LogP contribution in [0.5, 0.6) is 0 Å². The van der Waals surface area contributed by atoms with Crippen LogP contribution < -0.4 is 16.1 Å². The van der Waals surface area contributed by atoms with Gasteiger partial charge in [-0.1, -0.05) is 18.2 Å². The molecule has 0 unspecified atom stereocenters. The van der Waals surface area contributed by atoms with Crippen LogP contribution in [0.2, 0.25) is 0 Å². The average molecular weight is 323 g/mol. The van der Waals surface area contributed by atoms with E-state index in [0.29, 0.717) is 28.1 Å². The highest BCUT2D eigenvalue weighted by atomic mass is 16.5. The van der Waals surface area contributed by atoms with Crippen molar-refractivity contribution < 1.29 is 9.53 Å². The summed E-state index contributed by atoms with van der Waals surface area (Å²) in [5.41, 5.74) is 2.13. The Morgan fingerprint density at radius 3 is 2.88 bits per heavy atom. The van der Waals surface area contributed by atoms with Crippen LogP contribution in [0.15, 0.2) is 39.7 Å². The lowest BCUT2D eigenvalue weighted by atomic mass is 10.1. The van der Waals surface area contributed by atoms with Crippen molar-refractivity contribution in [3.05, 3.63) is 62.1 Å². The fourth-order valence-corrected chi connectivity index (χ4v) is 2.98. The Morgan fingerprint density at radius 2 is 2.12 bits per heavy atom. The van der Waals surface area contributed by atoms with Crippen molar-refractivity contribution in [1.29, 1.82) is 0 Å². The summed E-state index contributed by atoms with van der Waals surface area (Å²) in [5.74, 6) is -0.0389. The molecule has 1 aromatic carbocycles. The molecule has 1 aliphatic heterocycles. The predicted octanol–water partition coefficient (Wildman–Crippen LogP) is 0.969. The smallest absolute Gasteiger partial charge is 0.341 e. The van der Waals surface area contributed by atoms with Gasteiger partial charge in [-0.25, -0.2) is 9.79 Å². The summed E-state index contributed by atoms with van der Waals surface area (Å²) < 4.78 is 5.18. The quantitative estimate of drug-likeness (QED) is 0.822. The molecule has 4 rings (SSSR count). The van der Waals surface area contributed by atoms with E-state index in [0.717, 1.165) is 23.8 Å². The Hall–Kier alpha value is -2.89. The lowest BCUT2D eigenvalue weighted by Gasteiger charge is -2.04. The summed E-state index contributed by atoms with van der Waals surface area (Å²) in [6, 6.07) is 7.41. The Balaban J connectivity index is 1.89. The van der Waals surface area contributed by atoms with Gasteiger partial charge in [-0.05, 0) is 31.9 Å². The third kappa shape index (κ3) is 2.40. The molecule has 24 heavy (non-hydrogen) atoms. The number of hydrogen-bond donors (Lipinski definition) is 2. The van der Waals surface area contributed by atoms with Crippen LogP contribution in [0.25, 0.3) is 11.6 Å². The van der Waals surface area contributed by atoms with Gasteiger partial charge in [0, 0.05) is 16.8 Å². The van der Waals surface area contributed by atoms with Gasteiger partial charge in [-0.3, -0.25) is 9.89 Å². The number of ether oxygens (including phenoxy) is 1. The SMILES string of the molecule is CCOC(=O)C1=c2ccccc2=NC1=Cc1c(C2CC2)[nH][nH]c1=O. The summed E-state index contributed by atoms with van der Waals surface area (Å²) in [7, 11) is 0. The van der Waals surface area contributed by atoms with Gasteiger partial charge in [0.05, 0.1) is 28.8 Å². The summed E-state index contributed by atoms with van der Waals surface area (Å²) in [6.45, 7) is 2.05. The maximum absolute atomic E-state index is 12.4. The molecule has 1 fully saturated rings. The van der Waals surface area contributed by atoms with Gasteiger partial charge in [0.15, 0.2) is 0 Å². The van der Waals surface area contributed by atoms with Crippen molar-refractivity contribution in [2.45, 2.75) is 25.7 Å². The first-order valence-corrected chi connectivity index (χ1v) is 8.07. The van der Waals surface area contributed by atoms with Crippen LogP contribution in [0, 0.1) is 0 Å². The van der Waals surface area contributed by atoms with Crippen molar-refractivity contribution in [3.63, 3.8) is 0 Å². The zero-order valence-electron chi connectivity index (χ0n) is 13.3. The number of aromatic amines is 2. The molecule has 1 aromatic heterocycles. The molecule has 0 radical (unpaired) electrons. The molecule has 0 bridgehead atoms. The Bertz CT molecular complexity index is 1020. The topological polar surface area (TPSA) is 87.3 Å². The number of nitrogens with one attached hydrogen (secondary N) is 2.